The van der Waals surface area contributed by atoms with E-state index in [1.165, 1.54) is 29.8 Å². The van der Waals surface area contributed by atoms with E-state index in [4.69, 9.17) is 0 Å². The minimum Gasteiger partial charge on any atom is -0.314 e. The molecule has 4 aliphatic rings. The number of benzene rings is 1. The summed E-state index contributed by atoms with van der Waals surface area (Å²) in [5.74, 6) is -0.280. The van der Waals surface area contributed by atoms with Gasteiger partial charge in [-0.05, 0) is 23.1 Å². The number of hydrogen-bond acceptors (Lipinski definition) is 6. The van der Waals surface area contributed by atoms with Gasteiger partial charge < -0.3 is 5.32 Å². The van der Waals surface area contributed by atoms with E-state index in [1.807, 2.05) is 0 Å². The Kier molecular flexibility index (Phi) is 4.92. The minimum absolute atomic E-state index is 0.135. The molecular weight excluding hydrogens is 354 g/mol. The summed E-state index contributed by atoms with van der Waals surface area (Å²) in [5.41, 5.74) is 4.01. The van der Waals surface area contributed by atoms with Crippen LogP contribution in [-0.4, -0.2) is 77.9 Å². The Labute approximate surface area is 166 Å². The Bertz CT molecular complexity index is 770. The summed E-state index contributed by atoms with van der Waals surface area (Å²) in [6.07, 6.45) is 1.07. The molecule has 2 amide bonds. The van der Waals surface area contributed by atoms with Crippen molar-refractivity contribution in [3.8, 4) is 0 Å². The molecule has 2 N–H and O–H groups in total. The lowest BCUT2D eigenvalue weighted by Gasteiger charge is -2.43. The summed E-state index contributed by atoms with van der Waals surface area (Å²) < 4.78 is 0. The van der Waals surface area contributed by atoms with Crippen LogP contribution in [0, 0.1) is 0 Å². The molecule has 1 atom stereocenters. The average Bonchev–Trinajstić information content (AvgIpc) is 3.05. The van der Waals surface area contributed by atoms with Gasteiger partial charge in [-0.1, -0.05) is 18.2 Å². The van der Waals surface area contributed by atoms with Gasteiger partial charge in [-0.15, -0.1) is 0 Å². The first-order valence-electron chi connectivity index (χ1n) is 10.5. The molecule has 0 spiro atoms. The van der Waals surface area contributed by atoms with Crippen LogP contribution in [0.4, 0.5) is 0 Å². The van der Waals surface area contributed by atoms with Crippen molar-refractivity contribution < 1.29 is 9.59 Å². The Morgan fingerprint density at radius 3 is 2.46 bits per heavy atom. The van der Waals surface area contributed by atoms with Crippen LogP contribution < -0.4 is 10.6 Å². The first-order chi connectivity index (χ1) is 13.7. The van der Waals surface area contributed by atoms with Crippen LogP contribution in [0.25, 0.3) is 0 Å². The highest BCUT2D eigenvalue weighted by atomic mass is 16.2. The van der Waals surface area contributed by atoms with Crippen molar-refractivity contribution in [3.05, 3.63) is 34.9 Å². The monoisotopic (exact) mass is 383 g/mol. The maximum Gasteiger partial charge on any atom is 0.243 e. The van der Waals surface area contributed by atoms with Crippen LogP contribution in [0.15, 0.2) is 18.2 Å². The van der Waals surface area contributed by atoms with Gasteiger partial charge in [0, 0.05) is 71.4 Å². The minimum atomic E-state index is -0.178. The normalized spacial score (nSPS) is 27.5. The number of piperidine rings is 1. The van der Waals surface area contributed by atoms with Gasteiger partial charge in [-0.2, -0.15) is 0 Å². The van der Waals surface area contributed by atoms with E-state index in [1.54, 1.807) is 0 Å². The van der Waals surface area contributed by atoms with E-state index in [-0.39, 0.29) is 17.9 Å². The quantitative estimate of drug-likeness (QED) is 0.708. The Morgan fingerprint density at radius 2 is 1.75 bits per heavy atom. The van der Waals surface area contributed by atoms with Gasteiger partial charge in [0.1, 0.15) is 0 Å². The van der Waals surface area contributed by atoms with E-state index in [0.717, 1.165) is 51.9 Å². The maximum atomic E-state index is 12.2. The molecule has 0 saturated carbocycles. The summed E-state index contributed by atoms with van der Waals surface area (Å²) in [6.45, 7) is 9.51. The molecule has 0 bridgehead atoms. The molecule has 0 aliphatic carbocycles. The number of fused-ring (bicyclic) bond motifs is 1. The summed E-state index contributed by atoms with van der Waals surface area (Å²) >= 11 is 0. The van der Waals surface area contributed by atoms with Crippen molar-refractivity contribution in [2.75, 3.05) is 39.3 Å². The van der Waals surface area contributed by atoms with E-state index in [9.17, 15) is 9.59 Å². The number of amides is 2. The molecule has 1 aromatic rings. The van der Waals surface area contributed by atoms with Crippen LogP contribution in [-0.2, 0) is 29.2 Å². The third-order valence-corrected chi connectivity index (χ3v) is 6.76. The van der Waals surface area contributed by atoms with Crippen LogP contribution in [0.3, 0.4) is 0 Å². The summed E-state index contributed by atoms with van der Waals surface area (Å²) in [5, 5.41) is 5.85. The fourth-order valence-corrected chi connectivity index (χ4v) is 4.90. The number of imide groups is 1. The molecule has 7 nitrogen and oxygen atoms in total. The second-order valence-corrected chi connectivity index (χ2v) is 8.60. The second kappa shape index (κ2) is 7.55. The molecule has 1 unspecified atom stereocenters. The van der Waals surface area contributed by atoms with Crippen LogP contribution >= 0.6 is 0 Å². The smallest absolute Gasteiger partial charge is 0.243 e. The fourth-order valence-electron chi connectivity index (χ4n) is 4.90. The van der Waals surface area contributed by atoms with Crippen LogP contribution in [0.1, 0.15) is 29.5 Å². The van der Waals surface area contributed by atoms with Crippen LogP contribution in [0.5, 0.6) is 0 Å². The zero-order valence-corrected chi connectivity index (χ0v) is 16.3. The number of hydrogen-bond donors (Lipinski definition) is 2. The van der Waals surface area contributed by atoms with Gasteiger partial charge in [0.25, 0.3) is 0 Å². The Hall–Kier alpha value is -1.80. The highest BCUT2D eigenvalue weighted by Crippen LogP contribution is 2.28. The van der Waals surface area contributed by atoms with Crippen molar-refractivity contribution in [2.45, 2.75) is 44.6 Å². The molecule has 0 radical (unpaired) electrons. The van der Waals surface area contributed by atoms with Crippen molar-refractivity contribution in [3.63, 3.8) is 0 Å². The number of nitrogens with one attached hydrogen (secondary N) is 2. The highest BCUT2D eigenvalue weighted by molar-refractivity contribution is 6.00. The SMILES string of the molecule is O=C1CCC(N2Cc3ccc(CN4CCN(C5CNC5)CC4)cc3C2)C(=O)N1. The number of nitrogens with zero attached hydrogens (tertiary/aromatic N) is 3. The van der Waals surface area contributed by atoms with Gasteiger partial charge in [-0.3, -0.25) is 29.6 Å². The predicted octanol–water partition coefficient (Wildman–Crippen LogP) is -0.103. The molecule has 28 heavy (non-hydrogen) atoms. The fraction of sp³-hybridized carbons (Fsp3) is 0.619. The lowest BCUT2D eigenvalue weighted by Crippen LogP contribution is -2.61. The van der Waals surface area contributed by atoms with Crippen molar-refractivity contribution in [1.29, 1.82) is 0 Å². The van der Waals surface area contributed by atoms with Gasteiger partial charge >= 0.3 is 0 Å². The molecule has 7 heteroatoms. The average molecular weight is 383 g/mol. The molecule has 1 aromatic carbocycles. The molecule has 4 heterocycles. The predicted molar refractivity (Wildman–Crippen MR) is 105 cm³/mol. The van der Waals surface area contributed by atoms with Crippen molar-refractivity contribution >= 4 is 11.8 Å². The number of rotatable bonds is 4. The van der Waals surface area contributed by atoms with Gasteiger partial charge in [0.15, 0.2) is 0 Å². The molecule has 4 aliphatic heterocycles. The highest BCUT2D eigenvalue weighted by Gasteiger charge is 2.35. The van der Waals surface area contributed by atoms with E-state index >= 15 is 0 Å². The lowest BCUT2D eigenvalue weighted by molar-refractivity contribution is -0.137. The Balaban J connectivity index is 1.18. The first kappa shape index (κ1) is 18.2. The number of carbonyl (C=O) groups is 2. The molecule has 150 valence electrons. The first-order valence-corrected chi connectivity index (χ1v) is 10.5. The summed E-state index contributed by atoms with van der Waals surface area (Å²) in [6, 6.07) is 7.37. The van der Waals surface area contributed by atoms with E-state index in [0.29, 0.717) is 12.8 Å². The zero-order valence-electron chi connectivity index (χ0n) is 16.3. The number of carbonyl (C=O) groups excluding carboxylic acids is 2. The third-order valence-electron chi connectivity index (χ3n) is 6.76. The zero-order chi connectivity index (χ0) is 19.1. The van der Waals surface area contributed by atoms with E-state index in [2.05, 4.69) is 43.5 Å². The standard InChI is InChI=1S/C21H29N5O2/c27-20-4-3-19(21(28)23-20)26-13-16-2-1-15(9-17(16)14-26)12-24-5-7-25(8-6-24)18-10-22-11-18/h1-2,9,18-19,22H,3-8,10-14H2,(H,23,27,28). The third kappa shape index (κ3) is 3.59. The van der Waals surface area contributed by atoms with Gasteiger partial charge in [-0.25, -0.2) is 0 Å². The largest absolute Gasteiger partial charge is 0.314 e. The van der Waals surface area contributed by atoms with Gasteiger partial charge in [0.2, 0.25) is 11.8 Å². The lowest BCUT2D eigenvalue weighted by atomic mass is 10.0. The van der Waals surface area contributed by atoms with Crippen molar-refractivity contribution in [2.24, 2.45) is 0 Å². The maximum absolute atomic E-state index is 12.2. The molecule has 0 aromatic heterocycles. The Morgan fingerprint density at radius 1 is 0.964 bits per heavy atom. The molecule has 5 rings (SSSR count). The van der Waals surface area contributed by atoms with E-state index < -0.39 is 0 Å². The molecule has 3 fully saturated rings. The summed E-state index contributed by atoms with van der Waals surface area (Å²) in [4.78, 5) is 31.0. The summed E-state index contributed by atoms with van der Waals surface area (Å²) in [7, 11) is 0. The molecule has 3 saturated heterocycles. The second-order valence-electron chi connectivity index (χ2n) is 8.60. The van der Waals surface area contributed by atoms with Crippen LogP contribution in [0.2, 0.25) is 0 Å². The molecular formula is C21H29N5O2. The number of piperazine rings is 1. The topological polar surface area (TPSA) is 67.9 Å². The van der Waals surface area contributed by atoms with Gasteiger partial charge in [0.05, 0.1) is 6.04 Å². The van der Waals surface area contributed by atoms with Crippen molar-refractivity contribution in [1.82, 2.24) is 25.3 Å².